The number of aliphatic hydroxyl groups excluding tert-OH is 1. The normalized spacial score (nSPS) is 22.7. The van der Waals surface area contributed by atoms with Crippen molar-refractivity contribution in [3.63, 3.8) is 0 Å². The molecule has 1 aromatic heterocycles. The SMILES string of the molecule is CC1C(CN2CCN(c3ncccn3)CC2)OC(c2ccc(NC(=O)CCCC(=O)O)cc2)OC1c1ccc(CO)cc1. The number of aliphatic hydroxyl groups is 1. The summed E-state index contributed by atoms with van der Waals surface area (Å²) >= 11 is 0. The van der Waals surface area contributed by atoms with Gasteiger partial charge in [-0.2, -0.15) is 0 Å². The number of carbonyl (C=O) groups is 2. The Morgan fingerprint density at radius 3 is 2.26 bits per heavy atom. The average Bonchev–Trinajstić information content (AvgIpc) is 3.03. The molecule has 5 rings (SSSR count). The number of hydrogen-bond donors (Lipinski definition) is 3. The van der Waals surface area contributed by atoms with Crippen molar-refractivity contribution in [3.8, 4) is 0 Å². The fourth-order valence-electron chi connectivity index (χ4n) is 5.51. The van der Waals surface area contributed by atoms with Crippen molar-refractivity contribution >= 4 is 23.5 Å². The molecule has 3 N–H and O–H groups in total. The molecule has 0 spiro atoms. The highest BCUT2D eigenvalue weighted by Gasteiger charge is 2.39. The second-order valence-corrected chi connectivity index (χ2v) is 11.1. The number of aliphatic carboxylic acids is 1. The Kier molecular flexibility index (Phi) is 10.3. The van der Waals surface area contributed by atoms with E-state index in [0.717, 1.165) is 55.4 Å². The Labute approximate surface area is 251 Å². The topological polar surface area (TPSA) is 137 Å². The van der Waals surface area contributed by atoms with Gasteiger partial charge in [-0.05, 0) is 35.7 Å². The van der Waals surface area contributed by atoms with Crippen molar-refractivity contribution < 1.29 is 29.3 Å². The van der Waals surface area contributed by atoms with Gasteiger partial charge in [-0.3, -0.25) is 14.5 Å². The number of carbonyl (C=O) groups excluding carboxylic acids is 1. The van der Waals surface area contributed by atoms with Crippen LogP contribution in [0.1, 0.15) is 55.3 Å². The molecule has 0 saturated carbocycles. The number of amides is 1. The zero-order valence-electron chi connectivity index (χ0n) is 24.3. The molecule has 3 aromatic rings. The minimum atomic E-state index is -0.913. The Morgan fingerprint density at radius 2 is 1.60 bits per heavy atom. The Hall–Kier alpha value is -3.90. The molecule has 0 bridgehead atoms. The molecule has 43 heavy (non-hydrogen) atoms. The largest absolute Gasteiger partial charge is 0.481 e. The molecule has 2 fully saturated rings. The molecule has 2 aliphatic rings. The van der Waals surface area contributed by atoms with Crippen molar-refractivity contribution in [3.05, 3.63) is 83.7 Å². The number of carboxylic acid groups (broad SMARTS) is 1. The van der Waals surface area contributed by atoms with Crippen molar-refractivity contribution in [2.45, 2.75) is 51.3 Å². The fourth-order valence-corrected chi connectivity index (χ4v) is 5.51. The van der Waals surface area contributed by atoms with E-state index in [1.54, 1.807) is 24.5 Å². The standard InChI is InChI=1S/C32H39N5O6/c1-22-27(20-36-16-18-37(19-17-36)32-33-14-3-15-34-32)42-31(43-30(22)24-8-6-23(21-38)7-9-24)25-10-12-26(13-11-25)35-28(39)4-2-5-29(40)41/h3,6-15,22,27,30-31,38H,2,4-5,16-21H2,1H3,(H,35,39)(H,40,41). The van der Waals surface area contributed by atoms with Gasteiger partial charge in [0.05, 0.1) is 18.8 Å². The number of hydrogen-bond acceptors (Lipinski definition) is 9. The van der Waals surface area contributed by atoms with E-state index in [-0.39, 0.29) is 43.5 Å². The van der Waals surface area contributed by atoms with Crippen molar-refractivity contribution in [2.75, 3.05) is 42.9 Å². The maximum atomic E-state index is 12.2. The smallest absolute Gasteiger partial charge is 0.303 e. The Morgan fingerprint density at radius 1 is 0.930 bits per heavy atom. The van der Waals surface area contributed by atoms with Gasteiger partial charge in [0.1, 0.15) is 0 Å². The van der Waals surface area contributed by atoms with E-state index in [0.29, 0.717) is 12.1 Å². The van der Waals surface area contributed by atoms with Crippen molar-refractivity contribution in [1.29, 1.82) is 0 Å². The zero-order valence-corrected chi connectivity index (χ0v) is 24.3. The van der Waals surface area contributed by atoms with E-state index in [1.165, 1.54) is 0 Å². The van der Waals surface area contributed by atoms with Gasteiger partial charge in [0.15, 0.2) is 6.29 Å². The summed E-state index contributed by atoms with van der Waals surface area (Å²) in [4.78, 5) is 36.3. The van der Waals surface area contributed by atoms with Crippen LogP contribution in [0.4, 0.5) is 11.6 Å². The second kappa shape index (κ2) is 14.5. The van der Waals surface area contributed by atoms with Gasteiger partial charge in [0.2, 0.25) is 11.9 Å². The van der Waals surface area contributed by atoms with Crippen LogP contribution in [0.3, 0.4) is 0 Å². The van der Waals surface area contributed by atoms with Gasteiger partial charge in [0.25, 0.3) is 0 Å². The third-order valence-electron chi connectivity index (χ3n) is 8.03. The van der Waals surface area contributed by atoms with Crippen LogP contribution in [0.15, 0.2) is 67.0 Å². The number of nitrogens with zero attached hydrogens (tertiary/aromatic N) is 4. The Bertz CT molecular complexity index is 1330. The minimum Gasteiger partial charge on any atom is -0.481 e. The van der Waals surface area contributed by atoms with Gasteiger partial charge < -0.3 is 29.9 Å². The first-order chi connectivity index (χ1) is 20.9. The summed E-state index contributed by atoms with van der Waals surface area (Å²) in [6.45, 7) is 6.29. The molecule has 11 nitrogen and oxygen atoms in total. The lowest BCUT2D eigenvalue weighted by Gasteiger charge is -2.44. The van der Waals surface area contributed by atoms with Crippen LogP contribution in [0.25, 0.3) is 0 Å². The van der Waals surface area contributed by atoms with Crippen LogP contribution in [0, 0.1) is 5.92 Å². The fraction of sp³-hybridized carbons (Fsp3) is 0.438. The lowest BCUT2D eigenvalue weighted by molar-refractivity contribution is -0.276. The lowest BCUT2D eigenvalue weighted by atomic mass is 9.90. The van der Waals surface area contributed by atoms with Crippen LogP contribution in [0.2, 0.25) is 0 Å². The number of carboxylic acids is 1. The zero-order chi connectivity index (χ0) is 30.2. The lowest BCUT2D eigenvalue weighted by Crippen LogP contribution is -2.51. The Balaban J connectivity index is 1.27. The molecule has 1 amide bonds. The van der Waals surface area contributed by atoms with Gasteiger partial charge in [-0.1, -0.05) is 43.3 Å². The molecule has 2 saturated heterocycles. The number of rotatable bonds is 11. The van der Waals surface area contributed by atoms with E-state index in [4.69, 9.17) is 14.6 Å². The first-order valence-corrected chi connectivity index (χ1v) is 14.8. The summed E-state index contributed by atoms with van der Waals surface area (Å²) in [6, 6.07) is 17.1. The molecule has 4 atom stereocenters. The van der Waals surface area contributed by atoms with E-state index >= 15 is 0 Å². The van der Waals surface area contributed by atoms with Crippen LogP contribution in [-0.4, -0.2) is 75.8 Å². The molecule has 3 heterocycles. The van der Waals surface area contributed by atoms with Crippen LogP contribution in [-0.2, 0) is 25.7 Å². The predicted molar refractivity (Wildman–Crippen MR) is 160 cm³/mol. The van der Waals surface area contributed by atoms with Crippen molar-refractivity contribution in [1.82, 2.24) is 14.9 Å². The predicted octanol–water partition coefficient (Wildman–Crippen LogP) is 3.78. The van der Waals surface area contributed by atoms with Gasteiger partial charge in [-0.25, -0.2) is 9.97 Å². The number of aromatic nitrogens is 2. The number of anilines is 2. The maximum absolute atomic E-state index is 12.2. The molecule has 2 aliphatic heterocycles. The third kappa shape index (κ3) is 8.14. The summed E-state index contributed by atoms with van der Waals surface area (Å²) < 4.78 is 13.2. The van der Waals surface area contributed by atoms with E-state index in [1.807, 2.05) is 42.5 Å². The minimum absolute atomic E-state index is 0.0157. The highest BCUT2D eigenvalue weighted by Crippen LogP contribution is 2.42. The maximum Gasteiger partial charge on any atom is 0.303 e. The second-order valence-electron chi connectivity index (χ2n) is 11.1. The summed E-state index contributed by atoms with van der Waals surface area (Å²) in [7, 11) is 0. The highest BCUT2D eigenvalue weighted by atomic mass is 16.7. The first kappa shape index (κ1) is 30.6. The highest BCUT2D eigenvalue weighted by molar-refractivity contribution is 5.90. The first-order valence-electron chi connectivity index (χ1n) is 14.8. The third-order valence-corrected chi connectivity index (χ3v) is 8.03. The number of nitrogens with one attached hydrogen (secondary N) is 1. The number of ether oxygens (including phenoxy) is 2. The van der Waals surface area contributed by atoms with Gasteiger partial charge in [0, 0.05) is 75.1 Å². The molecule has 2 aromatic carbocycles. The summed E-state index contributed by atoms with van der Waals surface area (Å²) in [5.74, 6) is -0.317. The van der Waals surface area contributed by atoms with E-state index in [9.17, 15) is 14.7 Å². The summed E-state index contributed by atoms with van der Waals surface area (Å²) in [5, 5.41) is 21.1. The number of piperazine rings is 1. The van der Waals surface area contributed by atoms with Crippen LogP contribution >= 0.6 is 0 Å². The molecule has 0 aliphatic carbocycles. The molecule has 0 radical (unpaired) electrons. The van der Waals surface area contributed by atoms with E-state index in [2.05, 4.69) is 32.0 Å². The molecule has 11 heteroatoms. The van der Waals surface area contributed by atoms with E-state index < -0.39 is 12.3 Å². The number of benzene rings is 2. The molecular formula is C32H39N5O6. The van der Waals surface area contributed by atoms with Crippen LogP contribution in [0.5, 0.6) is 0 Å². The van der Waals surface area contributed by atoms with Crippen LogP contribution < -0.4 is 10.2 Å². The molecular weight excluding hydrogens is 550 g/mol. The average molecular weight is 590 g/mol. The van der Waals surface area contributed by atoms with Gasteiger partial charge in [-0.15, -0.1) is 0 Å². The summed E-state index contributed by atoms with van der Waals surface area (Å²) in [5.41, 5.74) is 3.33. The van der Waals surface area contributed by atoms with Crippen molar-refractivity contribution in [2.24, 2.45) is 5.92 Å². The quantitative estimate of drug-likeness (QED) is 0.303. The molecule has 4 unspecified atom stereocenters. The molecule has 228 valence electrons. The van der Waals surface area contributed by atoms with Gasteiger partial charge >= 0.3 is 5.97 Å². The monoisotopic (exact) mass is 589 g/mol. The summed E-state index contributed by atoms with van der Waals surface area (Å²) in [6.07, 6.45) is 3.00.